The Morgan fingerprint density at radius 3 is 1.67 bits per heavy atom. The van der Waals surface area contributed by atoms with E-state index < -0.39 is 59.2 Å². The molecule has 42 heavy (non-hydrogen) atoms. The molecule has 0 fully saturated rings. The van der Waals surface area contributed by atoms with Crippen LogP contribution in [0.5, 0.6) is 5.75 Å². The van der Waals surface area contributed by atoms with E-state index in [0.717, 1.165) is 11.1 Å². The SMILES string of the molecule is Cc1ccc(S(=O)(=O)[O][Tl]([O]S(=O)(=O)c2ccc(C)cc2)[C@@H]2C(=O)c3cc(Cl)ccc3O[C@H]2c2ccc(Cl)cc2)cc1. The van der Waals surface area contributed by atoms with Crippen LogP contribution in [0.1, 0.15) is 33.2 Å². The summed E-state index contributed by atoms with van der Waals surface area (Å²) < 4.78 is 70.4. The molecule has 0 aromatic heterocycles. The monoisotopic (exact) mass is 838 g/mol. The Bertz CT molecular complexity index is 1770. The normalized spacial score (nSPS) is 16.9. The Morgan fingerprint density at radius 2 is 1.17 bits per heavy atom. The number of hydrogen-bond acceptors (Lipinski definition) is 8. The van der Waals surface area contributed by atoms with E-state index in [2.05, 4.69) is 0 Å². The van der Waals surface area contributed by atoms with Crippen molar-refractivity contribution >= 4 is 72.8 Å². The second kappa shape index (κ2) is 12.3. The maximum absolute atomic E-state index is 14.1. The first-order valence-corrected chi connectivity index (χ1v) is 22.4. The van der Waals surface area contributed by atoms with E-state index in [4.69, 9.17) is 32.2 Å². The number of carbonyl (C=O) groups excluding carboxylic acids is 1. The molecule has 1 aliphatic rings. The number of hydrogen-bond donors (Lipinski definition) is 0. The van der Waals surface area contributed by atoms with Crippen LogP contribution in [0.3, 0.4) is 0 Å². The van der Waals surface area contributed by atoms with Crippen molar-refractivity contribution in [2.75, 3.05) is 0 Å². The van der Waals surface area contributed by atoms with Crippen molar-refractivity contribution in [3.8, 4) is 5.75 Å². The van der Waals surface area contributed by atoms with Crippen LogP contribution in [0.15, 0.2) is 101 Å². The zero-order valence-electron chi connectivity index (χ0n) is 22.2. The van der Waals surface area contributed by atoms with Gasteiger partial charge in [0, 0.05) is 0 Å². The molecule has 5 rings (SSSR count). The van der Waals surface area contributed by atoms with Crippen LogP contribution < -0.4 is 4.74 Å². The van der Waals surface area contributed by atoms with Crippen LogP contribution in [0, 0.1) is 13.8 Å². The Balaban J connectivity index is 1.66. The van der Waals surface area contributed by atoms with E-state index >= 15 is 0 Å². The second-order valence-corrected chi connectivity index (χ2v) is 23.9. The van der Waals surface area contributed by atoms with Gasteiger partial charge in [-0.1, -0.05) is 0 Å². The van der Waals surface area contributed by atoms with Gasteiger partial charge in [-0.15, -0.1) is 0 Å². The van der Waals surface area contributed by atoms with Gasteiger partial charge in [-0.2, -0.15) is 0 Å². The summed E-state index contributed by atoms with van der Waals surface area (Å²) in [5.41, 5.74) is 2.13. The zero-order valence-corrected chi connectivity index (χ0v) is 29.9. The third-order valence-electron chi connectivity index (χ3n) is 6.64. The molecule has 216 valence electrons. The van der Waals surface area contributed by atoms with Gasteiger partial charge in [0.15, 0.2) is 0 Å². The predicted octanol–water partition coefficient (Wildman–Crippen LogP) is 6.60. The molecule has 4 aromatic rings. The number of benzene rings is 4. The fourth-order valence-electron chi connectivity index (χ4n) is 4.43. The average molecular weight is 839 g/mol. The van der Waals surface area contributed by atoms with Gasteiger partial charge in [0.25, 0.3) is 0 Å². The molecule has 0 aliphatic carbocycles. The van der Waals surface area contributed by atoms with Gasteiger partial charge >= 0.3 is 266 Å². The van der Waals surface area contributed by atoms with E-state index in [1.54, 1.807) is 68.4 Å². The topological polar surface area (TPSA) is 113 Å². The zero-order chi connectivity index (χ0) is 30.2. The summed E-state index contributed by atoms with van der Waals surface area (Å²) in [6.45, 7) is 3.57. The molecule has 0 saturated heterocycles. The van der Waals surface area contributed by atoms with Crippen LogP contribution in [-0.2, 0) is 24.5 Å². The molecular weight excluding hydrogens is 816 g/mol. The van der Waals surface area contributed by atoms with Crippen molar-refractivity contribution < 1.29 is 30.6 Å². The fourth-order valence-corrected chi connectivity index (χ4v) is 23.0. The first-order chi connectivity index (χ1) is 19.8. The molecule has 0 spiro atoms. The summed E-state index contributed by atoms with van der Waals surface area (Å²) in [4.78, 5) is 13.7. The Morgan fingerprint density at radius 1 is 0.690 bits per heavy atom. The van der Waals surface area contributed by atoms with Gasteiger partial charge in [-0.25, -0.2) is 0 Å². The third-order valence-corrected chi connectivity index (χ3v) is 24.9. The first-order valence-electron chi connectivity index (χ1n) is 12.6. The molecule has 0 radical (unpaired) electrons. The summed E-state index contributed by atoms with van der Waals surface area (Å²) in [5, 5.41) is 0.658. The number of carbonyl (C=O) groups is 1. The number of Topliss-reactive ketones (excluding diaryl/α,β-unsaturated/α-hetero) is 1. The van der Waals surface area contributed by atoms with Crippen molar-refractivity contribution in [2.45, 2.75) is 33.2 Å². The Hall–Kier alpha value is -2.33. The standard InChI is InChI=1S/C15H9Cl2O2.2C7H8O3S.Tl/c16-10-3-1-9(2-4-10)15-8-13(18)12-7-11(17)5-6-14(12)19-15;2*1-6-2-4-7(5-3-6)11(8,9)10;/h1-8,15H;2*2-5H,1H3,(H,8,9,10);/q;;;+2/p-2/t15-;;;/m1.../s1. The molecular formula is C29H23Cl2O8S2Tl. The van der Waals surface area contributed by atoms with Crippen LogP contribution in [0.4, 0.5) is 0 Å². The van der Waals surface area contributed by atoms with E-state index in [1.807, 2.05) is 0 Å². The summed E-state index contributed by atoms with van der Waals surface area (Å²) in [5.74, 6) is -0.390. The van der Waals surface area contributed by atoms with Gasteiger partial charge in [-0.05, 0) is 0 Å². The molecule has 13 heteroatoms. The van der Waals surface area contributed by atoms with Gasteiger partial charge in [0.1, 0.15) is 0 Å². The van der Waals surface area contributed by atoms with Crippen LogP contribution in [-0.4, -0.2) is 46.2 Å². The van der Waals surface area contributed by atoms with Gasteiger partial charge in [0.2, 0.25) is 0 Å². The average Bonchev–Trinajstić information content (AvgIpc) is 2.93. The molecule has 4 aromatic carbocycles. The van der Waals surface area contributed by atoms with Gasteiger partial charge in [0.05, 0.1) is 0 Å². The van der Waals surface area contributed by atoms with Crippen LogP contribution >= 0.6 is 23.2 Å². The molecule has 0 unspecified atom stereocenters. The van der Waals surface area contributed by atoms with Gasteiger partial charge < -0.3 is 0 Å². The van der Waals surface area contributed by atoms with E-state index in [-0.39, 0.29) is 26.1 Å². The van der Waals surface area contributed by atoms with Crippen molar-refractivity contribution in [2.24, 2.45) is 0 Å². The molecule has 8 nitrogen and oxygen atoms in total. The van der Waals surface area contributed by atoms with E-state index in [9.17, 15) is 21.6 Å². The molecule has 1 aliphatic heterocycles. The van der Waals surface area contributed by atoms with Crippen LogP contribution in [0.25, 0.3) is 0 Å². The molecule has 0 saturated carbocycles. The summed E-state index contributed by atoms with van der Waals surface area (Å²) in [6, 6.07) is 22.5. The van der Waals surface area contributed by atoms with Crippen molar-refractivity contribution in [3.05, 3.63) is 123 Å². The fraction of sp³-hybridized carbons (Fsp3) is 0.138. The molecule has 1 heterocycles. The molecule has 0 amide bonds. The Labute approximate surface area is 263 Å². The van der Waals surface area contributed by atoms with Crippen molar-refractivity contribution in [3.63, 3.8) is 0 Å². The number of ketones is 1. The Kier molecular flexibility index (Phi) is 9.14. The number of halogens is 2. The third kappa shape index (κ3) is 6.74. The van der Waals surface area contributed by atoms with Gasteiger partial charge in [-0.3, -0.25) is 0 Å². The molecule has 0 bridgehead atoms. The predicted molar refractivity (Wildman–Crippen MR) is 159 cm³/mol. The molecule has 0 N–H and O–H groups in total. The second-order valence-electron chi connectivity index (χ2n) is 9.72. The summed E-state index contributed by atoms with van der Waals surface area (Å²) in [6.07, 6.45) is -1.13. The van der Waals surface area contributed by atoms with E-state index in [0.29, 0.717) is 10.6 Å². The summed E-state index contributed by atoms with van der Waals surface area (Å²) in [7, 11) is -9.11. The van der Waals surface area contributed by atoms with Crippen molar-refractivity contribution in [1.82, 2.24) is 0 Å². The molecule has 2 atom stereocenters. The minimum atomic E-state index is -5.30. The number of aryl methyl sites for hydroxylation is 2. The quantitative estimate of drug-likeness (QED) is 0.183. The maximum atomic E-state index is 14.1. The summed E-state index contributed by atoms with van der Waals surface area (Å²) >= 11 is 6.97. The number of fused-ring (bicyclic) bond motifs is 1. The minimum absolute atomic E-state index is 0.0652. The first kappa shape index (κ1) is 31.1. The van der Waals surface area contributed by atoms with Crippen molar-refractivity contribution in [1.29, 1.82) is 0 Å². The number of rotatable bonds is 8. The van der Waals surface area contributed by atoms with E-state index in [1.165, 1.54) is 36.4 Å². The number of ether oxygens (including phenoxy) is 1. The van der Waals surface area contributed by atoms with Crippen LogP contribution in [0.2, 0.25) is 13.5 Å².